The Morgan fingerprint density at radius 1 is 1.83 bits per heavy atom. The SMILES string of the molecule is C=C(C)CCl.[Ni+2]. The molecule has 0 amide bonds. The first-order valence-electron chi connectivity index (χ1n) is 1.47. The van der Waals surface area contributed by atoms with Gasteiger partial charge in [-0.3, -0.25) is 0 Å². The fourth-order valence-corrected chi connectivity index (χ4v) is 0. The molecule has 0 saturated heterocycles. The molecule has 0 aromatic carbocycles. The van der Waals surface area contributed by atoms with Gasteiger partial charge in [0, 0.05) is 5.88 Å². The summed E-state index contributed by atoms with van der Waals surface area (Å²) in [6.45, 7) is 5.44. The third kappa shape index (κ3) is 8.82. The molecule has 0 aromatic rings. The summed E-state index contributed by atoms with van der Waals surface area (Å²) in [4.78, 5) is 0. The maximum atomic E-state index is 5.24. The molecule has 0 aromatic heterocycles. The Bertz CT molecular complexity index is 42.8. The molecule has 0 aliphatic heterocycles. The van der Waals surface area contributed by atoms with Gasteiger partial charge >= 0.3 is 16.5 Å². The van der Waals surface area contributed by atoms with Gasteiger partial charge in [0.1, 0.15) is 0 Å². The molecule has 0 radical (unpaired) electrons. The molecule has 0 heterocycles. The quantitative estimate of drug-likeness (QED) is 0.303. The van der Waals surface area contributed by atoms with E-state index in [2.05, 4.69) is 6.58 Å². The first kappa shape index (κ1) is 9.73. The van der Waals surface area contributed by atoms with E-state index in [1.807, 2.05) is 6.92 Å². The van der Waals surface area contributed by atoms with Crippen LogP contribution < -0.4 is 0 Å². The van der Waals surface area contributed by atoms with Crippen molar-refractivity contribution >= 4 is 11.6 Å². The molecule has 0 aliphatic rings. The van der Waals surface area contributed by atoms with Crippen molar-refractivity contribution in [1.82, 2.24) is 0 Å². The molecular weight excluding hydrogens is 142 g/mol. The summed E-state index contributed by atoms with van der Waals surface area (Å²) in [5, 5.41) is 0. The van der Waals surface area contributed by atoms with Gasteiger partial charge in [-0.15, -0.1) is 11.6 Å². The van der Waals surface area contributed by atoms with Gasteiger partial charge < -0.3 is 0 Å². The van der Waals surface area contributed by atoms with Crippen LogP contribution >= 0.6 is 11.6 Å². The normalized spacial score (nSPS) is 6.33. The Kier molecular flexibility index (Phi) is 8.95. The van der Waals surface area contributed by atoms with Crippen LogP contribution in [0.1, 0.15) is 6.92 Å². The van der Waals surface area contributed by atoms with Gasteiger partial charge in [0.2, 0.25) is 0 Å². The summed E-state index contributed by atoms with van der Waals surface area (Å²) < 4.78 is 0. The number of hydrogen-bond donors (Lipinski definition) is 0. The predicted molar refractivity (Wildman–Crippen MR) is 25.5 cm³/mol. The second kappa shape index (κ2) is 5.52. The molecule has 0 spiro atoms. The standard InChI is InChI=1S/C4H7Cl.Ni/c1-4(2)3-5;/h1,3H2,2H3;/q;+2. The molecule has 0 unspecified atom stereocenters. The van der Waals surface area contributed by atoms with Crippen molar-refractivity contribution in [2.75, 3.05) is 5.88 Å². The zero-order valence-electron chi connectivity index (χ0n) is 3.61. The smallest absolute Gasteiger partial charge is 0.122 e. The predicted octanol–water partition coefficient (Wildman–Crippen LogP) is 1.80. The van der Waals surface area contributed by atoms with E-state index in [1.165, 1.54) is 0 Å². The van der Waals surface area contributed by atoms with Crippen LogP contribution in [0.2, 0.25) is 0 Å². The molecule has 0 saturated carbocycles. The van der Waals surface area contributed by atoms with Crippen LogP contribution in [0.25, 0.3) is 0 Å². The van der Waals surface area contributed by atoms with Crippen LogP contribution in [0.3, 0.4) is 0 Å². The number of alkyl halides is 1. The van der Waals surface area contributed by atoms with Gasteiger partial charge in [0.25, 0.3) is 0 Å². The van der Waals surface area contributed by atoms with Gasteiger partial charge in [-0.25, -0.2) is 0 Å². The van der Waals surface area contributed by atoms with Gasteiger partial charge in [-0.1, -0.05) is 12.2 Å². The van der Waals surface area contributed by atoms with E-state index in [1.54, 1.807) is 0 Å². The first-order valence-corrected chi connectivity index (χ1v) is 2.01. The van der Waals surface area contributed by atoms with Gasteiger partial charge in [-0.2, -0.15) is 0 Å². The number of hydrogen-bond acceptors (Lipinski definition) is 0. The van der Waals surface area contributed by atoms with Crippen molar-refractivity contribution in [2.24, 2.45) is 0 Å². The van der Waals surface area contributed by atoms with E-state index in [4.69, 9.17) is 11.6 Å². The summed E-state index contributed by atoms with van der Waals surface area (Å²) in [5.41, 5.74) is 1.02. The van der Waals surface area contributed by atoms with Gasteiger partial charge in [0.05, 0.1) is 0 Å². The Labute approximate surface area is 53.5 Å². The van der Waals surface area contributed by atoms with E-state index in [0.29, 0.717) is 5.88 Å². The third-order valence-electron chi connectivity index (χ3n) is 0.228. The van der Waals surface area contributed by atoms with E-state index in [-0.39, 0.29) is 16.5 Å². The Morgan fingerprint density at radius 2 is 2.00 bits per heavy atom. The molecule has 6 heavy (non-hydrogen) atoms. The fourth-order valence-electron chi connectivity index (χ4n) is 0. The summed E-state index contributed by atoms with van der Waals surface area (Å²) in [6, 6.07) is 0. The van der Waals surface area contributed by atoms with Crippen LogP contribution in [0, 0.1) is 0 Å². The minimum Gasteiger partial charge on any atom is -0.122 e. The van der Waals surface area contributed by atoms with Gasteiger partial charge in [-0.05, 0) is 6.92 Å². The molecule has 0 nitrogen and oxygen atoms in total. The van der Waals surface area contributed by atoms with Crippen molar-refractivity contribution in [1.29, 1.82) is 0 Å². The van der Waals surface area contributed by atoms with Crippen LogP contribution in [-0.4, -0.2) is 5.88 Å². The van der Waals surface area contributed by atoms with Crippen molar-refractivity contribution in [3.05, 3.63) is 12.2 Å². The maximum Gasteiger partial charge on any atom is 2.00 e. The zero-order valence-corrected chi connectivity index (χ0v) is 5.35. The monoisotopic (exact) mass is 148 g/mol. The van der Waals surface area contributed by atoms with Crippen molar-refractivity contribution in [3.8, 4) is 0 Å². The largest absolute Gasteiger partial charge is 2.00 e. The van der Waals surface area contributed by atoms with Crippen LogP contribution in [-0.2, 0) is 16.5 Å². The number of rotatable bonds is 1. The third-order valence-corrected chi connectivity index (χ3v) is 0.684. The molecule has 0 rings (SSSR count). The second-order valence-electron chi connectivity index (χ2n) is 1.09. The Hall–Kier alpha value is 0.524. The minimum absolute atomic E-state index is 0. The second-order valence-corrected chi connectivity index (χ2v) is 1.36. The summed E-state index contributed by atoms with van der Waals surface area (Å²) in [7, 11) is 0. The zero-order chi connectivity index (χ0) is 4.28. The number of allylic oxidation sites excluding steroid dienone is 1. The van der Waals surface area contributed by atoms with Crippen molar-refractivity contribution in [2.45, 2.75) is 6.92 Å². The summed E-state index contributed by atoms with van der Waals surface area (Å²) in [5.74, 6) is 0.583. The van der Waals surface area contributed by atoms with E-state index in [9.17, 15) is 0 Å². The Balaban J connectivity index is 0. The maximum absolute atomic E-state index is 5.24. The average Bonchev–Trinajstić information content (AvgIpc) is 1.38. The average molecular weight is 149 g/mol. The molecule has 0 bridgehead atoms. The van der Waals surface area contributed by atoms with Crippen LogP contribution in [0.4, 0.5) is 0 Å². The molecular formula is C4H7ClNi+2. The summed E-state index contributed by atoms with van der Waals surface area (Å²) >= 11 is 5.24. The van der Waals surface area contributed by atoms with Gasteiger partial charge in [0.15, 0.2) is 0 Å². The molecule has 2 heteroatoms. The fraction of sp³-hybridized carbons (Fsp3) is 0.500. The van der Waals surface area contributed by atoms with E-state index < -0.39 is 0 Å². The minimum atomic E-state index is 0. The molecule has 38 valence electrons. The Morgan fingerprint density at radius 3 is 2.00 bits per heavy atom. The topological polar surface area (TPSA) is 0 Å². The van der Waals surface area contributed by atoms with Crippen molar-refractivity contribution < 1.29 is 16.5 Å². The van der Waals surface area contributed by atoms with Crippen molar-refractivity contribution in [3.63, 3.8) is 0 Å². The molecule has 0 N–H and O–H groups in total. The molecule has 0 fully saturated rings. The molecule has 0 atom stereocenters. The van der Waals surface area contributed by atoms with E-state index >= 15 is 0 Å². The van der Waals surface area contributed by atoms with Crippen LogP contribution in [0.15, 0.2) is 12.2 Å². The molecule has 0 aliphatic carbocycles. The van der Waals surface area contributed by atoms with Crippen LogP contribution in [0.5, 0.6) is 0 Å². The van der Waals surface area contributed by atoms with E-state index in [0.717, 1.165) is 5.57 Å². The summed E-state index contributed by atoms with van der Waals surface area (Å²) in [6.07, 6.45) is 0. The number of halogens is 1. The first-order chi connectivity index (χ1) is 2.27.